The van der Waals surface area contributed by atoms with E-state index in [1.54, 1.807) is 0 Å². The second kappa shape index (κ2) is 10.7. The lowest BCUT2D eigenvalue weighted by atomic mass is 9.59. The van der Waals surface area contributed by atoms with E-state index in [4.69, 9.17) is 4.98 Å². The number of hydrogen-bond donors (Lipinski definition) is 0. The molecular weight excluding hydrogens is 509 g/mol. The van der Waals surface area contributed by atoms with Gasteiger partial charge in [-0.25, -0.2) is 4.98 Å². The quantitative estimate of drug-likeness (QED) is 0.203. The summed E-state index contributed by atoms with van der Waals surface area (Å²) in [6, 6.07) is 47.9. The van der Waals surface area contributed by atoms with Crippen LogP contribution < -0.4 is 15.1 Å². The Morgan fingerprint density at radius 2 is 1.10 bits per heavy atom. The third-order valence-corrected chi connectivity index (χ3v) is 8.38. The van der Waals surface area contributed by atoms with Crippen molar-refractivity contribution >= 4 is 35.3 Å². The Morgan fingerprint density at radius 1 is 0.524 bits per heavy atom. The van der Waals surface area contributed by atoms with Crippen molar-refractivity contribution in [3.8, 4) is 22.3 Å². The summed E-state index contributed by atoms with van der Waals surface area (Å²) in [4.78, 5) is 10.0. The van der Waals surface area contributed by atoms with E-state index in [0.717, 1.165) is 11.5 Å². The highest BCUT2D eigenvalue weighted by atomic mass is 15.3. The Labute approximate surface area is 248 Å². The van der Waals surface area contributed by atoms with Gasteiger partial charge < -0.3 is 9.62 Å². The van der Waals surface area contributed by atoms with E-state index in [9.17, 15) is 0 Å². The fraction of sp³-hybridized carbons (Fsp3) is 0.0789. The Kier molecular flexibility index (Phi) is 6.60. The summed E-state index contributed by atoms with van der Waals surface area (Å²) in [5.41, 5.74) is 13.2. The molecule has 0 spiro atoms. The molecule has 6 aromatic rings. The minimum Gasteiger partial charge on any atom is -0.360 e. The van der Waals surface area contributed by atoms with Crippen LogP contribution in [0.25, 0.3) is 22.3 Å². The van der Waals surface area contributed by atoms with Gasteiger partial charge in [-0.1, -0.05) is 109 Å². The van der Waals surface area contributed by atoms with Gasteiger partial charge in [0.05, 0.1) is 11.4 Å². The maximum atomic E-state index is 5.07. The molecule has 0 amide bonds. The van der Waals surface area contributed by atoms with E-state index in [1.807, 2.05) is 6.20 Å². The number of rotatable bonds is 5. The fourth-order valence-electron chi connectivity index (χ4n) is 6.21. The van der Waals surface area contributed by atoms with Crippen LogP contribution >= 0.6 is 0 Å². The lowest BCUT2D eigenvalue weighted by Crippen LogP contribution is -2.54. The zero-order valence-corrected chi connectivity index (χ0v) is 24.2. The molecule has 2 heterocycles. The first-order valence-corrected chi connectivity index (χ1v) is 14.5. The molecule has 1 aromatic heterocycles. The Balaban J connectivity index is 1.61. The number of para-hydroxylation sites is 2. The topological polar surface area (TPSA) is 19.4 Å². The molecule has 0 atom stereocenters. The van der Waals surface area contributed by atoms with Gasteiger partial charge in [-0.15, -0.1) is 0 Å². The zero-order chi connectivity index (χ0) is 28.6. The average molecular weight is 542 g/mol. The zero-order valence-electron chi connectivity index (χ0n) is 24.2. The molecule has 0 N–H and O–H groups in total. The molecular formula is C38H32BN3. The highest BCUT2D eigenvalue weighted by Crippen LogP contribution is 2.48. The number of hydrogen-bond acceptors (Lipinski definition) is 3. The van der Waals surface area contributed by atoms with Crippen molar-refractivity contribution in [2.24, 2.45) is 0 Å². The largest absolute Gasteiger partial charge is 0.423 e. The van der Waals surface area contributed by atoms with Crippen molar-refractivity contribution in [2.75, 3.05) is 9.62 Å². The van der Waals surface area contributed by atoms with E-state index < -0.39 is 0 Å². The number of fused-ring (bicyclic) bond motifs is 1. The number of anilines is 4. The summed E-state index contributed by atoms with van der Waals surface area (Å²) < 4.78 is 0. The smallest absolute Gasteiger partial charge is 0.360 e. The second-order valence-corrected chi connectivity index (χ2v) is 11.0. The van der Waals surface area contributed by atoms with Gasteiger partial charge in [-0.05, 0) is 89.4 Å². The first-order chi connectivity index (χ1) is 20.6. The molecule has 7 rings (SSSR count). The lowest BCUT2D eigenvalue weighted by Gasteiger charge is -2.32. The molecule has 42 heavy (non-hydrogen) atoms. The fourth-order valence-corrected chi connectivity index (χ4v) is 6.21. The van der Waals surface area contributed by atoms with Crippen LogP contribution in [0.4, 0.5) is 22.9 Å². The van der Waals surface area contributed by atoms with Gasteiger partial charge in [0.15, 0.2) is 0 Å². The van der Waals surface area contributed by atoms with Crippen LogP contribution in [0.5, 0.6) is 0 Å². The Hall–Kier alpha value is -5.09. The molecule has 0 unspecified atom stereocenters. The summed E-state index contributed by atoms with van der Waals surface area (Å²) >= 11 is 0. The third kappa shape index (κ3) is 4.37. The van der Waals surface area contributed by atoms with Crippen LogP contribution in [-0.4, -0.2) is 12.0 Å². The van der Waals surface area contributed by atoms with Gasteiger partial charge in [-0.2, -0.15) is 0 Å². The first kappa shape index (κ1) is 25.9. The lowest BCUT2D eigenvalue weighted by molar-refractivity contribution is 1.17. The molecule has 0 saturated carbocycles. The van der Waals surface area contributed by atoms with Crippen molar-refractivity contribution in [2.45, 2.75) is 20.8 Å². The number of pyridine rings is 1. The van der Waals surface area contributed by atoms with Gasteiger partial charge in [0.25, 0.3) is 0 Å². The van der Waals surface area contributed by atoms with Crippen molar-refractivity contribution in [3.05, 3.63) is 156 Å². The van der Waals surface area contributed by atoms with Crippen LogP contribution in [0.15, 0.2) is 140 Å². The molecule has 5 aromatic carbocycles. The van der Waals surface area contributed by atoms with Gasteiger partial charge in [0, 0.05) is 11.9 Å². The van der Waals surface area contributed by atoms with Gasteiger partial charge in [0.2, 0.25) is 0 Å². The predicted molar refractivity (Wildman–Crippen MR) is 178 cm³/mol. The van der Waals surface area contributed by atoms with Crippen molar-refractivity contribution in [3.63, 3.8) is 0 Å². The summed E-state index contributed by atoms with van der Waals surface area (Å²) in [5, 5.41) is 0. The maximum Gasteiger partial charge on any atom is 0.423 e. The summed E-state index contributed by atoms with van der Waals surface area (Å²) in [6.07, 6.45) is 2.01. The van der Waals surface area contributed by atoms with Crippen LogP contribution in [0.3, 0.4) is 0 Å². The molecule has 202 valence electrons. The molecule has 0 saturated heterocycles. The van der Waals surface area contributed by atoms with Crippen LogP contribution in [0.1, 0.15) is 16.7 Å². The molecule has 1 aliphatic rings. The van der Waals surface area contributed by atoms with E-state index in [2.05, 4.69) is 164 Å². The van der Waals surface area contributed by atoms with Gasteiger partial charge in [0.1, 0.15) is 5.82 Å². The maximum absolute atomic E-state index is 5.07. The first-order valence-electron chi connectivity index (χ1n) is 14.5. The second-order valence-electron chi connectivity index (χ2n) is 11.0. The molecule has 3 nitrogen and oxygen atoms in total. The summed E-state index contributed by atoms with van der Waals surface area (Å²) in [5.74, 6) is 0.943. The normalized spacial score (nSPS) is 12.5. The standard InChI is InChI=1S/C38H32BN3/c1-27-15-13-24-35-38(27)42(36-25-28(2)29(3)26-40-36)39(41(35)32-20-11-6-12-21-32)37-33(30-16-7-4-8-17-30)22-14-23-34(37)31-18-9-5-10-19-31/h4-26H,1-3H3. The highest BCUT2D eigenvalue weighted by molar-refractivity contribution is 6.86. The van der Waals surface area contributed by atoms with E-state index >= 15 is 0 Å². The molecule has 0 bridgehead atoms. The van der Waals surface area contributed by atoms with Gasteiger partial charge in [-0.3, -0.25) is 0 Å². The number of aromatic nitrogens is 1. The van der Waals surface area contributed by atoms with Crippen LogP contribution in [-0.2, 0) is 0 Å². The predicted octanol–water partition coefficient (Wildman–Crippen LogP) is 9.03. The average Bonchev–Trinajstić information content (AvgIpc) is 3.39. The van der Waals surface area contributed by atoms with E-state index in [1.165, 1.54) is 55.8 Å². The molecule has 1 aliphatic heterocycles. The van der Waals surface area contributed by atoms with Crippen LogP contribution in [0, 0.1) is 20.8 Å². The SMILES string of the molecule is Cc1cnc(N2B(c3c(-c4ccccc4)cccc3-c3ccccc3)N(c3ccccc3)c3cccc(C)c32)cc1C. The summed E-state index contributed by atoms with van der Waals surface area (Å²) in [7, 11) is 0. The van der Waals surface area contributed by atoms with Crippen molar-refractivity contribution in [1.29, 1.82) is 0 Å². The van der Waals surface area contributed by atoms with E-state index in [0.29, 0.717) is 0 Å². The summed E-state index contributed by atoms with van der Waals surface area (Å²) in [6.45, 7) is 6.32. The number of aryl methyl sites for hydroxylation is 3. The Morgan fingerprint density at radius 3 is 1.69 bits per heavy atom. The number of benzene rings is 5. The number of nitrogens with zero attached hydrogens (tertiary/aromatic N) is 3. The molecule has 0 radical (unpaired) electrons. The monoisotopic (exact) mass is 541 g/mol. The Bertz CT molecular complexity index is 1810. The molecule has 4 heteroatoms. The van der Waals surface area contributed by atoms with Crippen molar-refractivity contribution < 1.29 is 0 Å². The van der Waals surface area contributed by atoms with Crippen LogP contribution in [0.2, 0.25) is 0 Å². The third-order valence-electron chi connectivity index (χ3n) is 8.38. The van der Waals surface area contributed by atoms with Crippen molar-refractivity contribution in [1.82, 2.24) is 4.98 Å². The highest BCUT2D eigenvalue weighted by Gasteiger charge is 2.47. The molecule has 0 aliphatic carbocycles. The minimum atomic E-state index is -0.190. The van der Waals surface area contributed by atoms with Gasteiger partial charge >= 0.3 is 6.98 Å². The minimum absolute atomic E-state index is 0.190. The van der Waals surface area contributed by atoms with E-state index in [-0.39, 0.29) is 6.98 Å². The molecule has 0 fully saturated rings.